The molecule has 1 heterocycles. The fourth-order valence-electron chi connectivity index (χ4n) is 1.46. The van der Waals surface area contributed by atoms with Gasteiger partial charge in [-0.1, -0.05) is 19.1 Å². The molecule has 14 heavy (non-hydrogen) atoms. The Morgan fingerprint density at radius 2 is 2.29 bits per heavy atom. The topological polar surface area (TPSA) is 50.4 Å². The molecule has 4 heteroatoms. The minimum Gasteiger partial charge on any atom is -0.312 e. The summed E-state index contributed by atoms with van der Waals surface area (Å²) < 4.78 is 0. The van der Waals surface area contributed by atoms with Gasteiger partial charge in [0.15, 0.2) is 0 Å². The van der Waals surface area contributed by atoms with Crippen LogP contribution in [0.3, 0.4) is 0 Å². The van der Waals surface area contributed by atoms with Crippen molar-refractivity contribution in [2.75, 3.05) is 0 Å². The minimum absolute atomic E-state index is 0.508. The molecule has 0 amide bonds. The zero-order valence-electron chi connectivity index (χ0n) is 8.03. The zero-order chi connectivity index (χ0) is 9.97. The van der Waals surface area contributed by atoms with Crippen LogP contribution in [0, 0.1) is 0 Å². The number of rotatable bonds is 0. The molecular formula is C10H13N3S. The van der Waals surface area contributed by atoms with Crippen molar-refractivity contribution >= 4 is 23.3 Å². The van der Waals surface area contributed by atoms with Crippen molar-refractivity contribution in [1.29, 1.82) is 0 Å². The average molecular weight is 207 g/mol. The first-order valence-electron chi connectivity index (χ1n) is 4.59. The summed E-state index contributed by atoms with van der Waals surface area (Å²) in [5, 5.41) is 0.508. The average Bonchev–Trinajstić information content (AvgIpc) is 2.35. The van der Waals surface area contributed by atoms with Gasteiger partial charge in [0, 0.05) is 16.6 Å². The molecule has 0 saturated carbocycles. The zero-order valence-corrected chi connectivity index (χ0v) is 8.84. The monoisotopic (exact) mass is 207 g/mol. The number of hydrogen-bond acceptors (Lipinski definition) is 4. The Morgan fingerprint density at radius 1 is 1.50 bits per heavy atom. The fraction of sp³-hybridized carbons (Fsp3) is 0.300. The molecule has 0 fully saturated rings. The van der Waals surface area contributed by atoms with E-state index in [1.807, 2.05) is 30.0 Å². The van der Waals surface area contributed by atoms with Gasteiger partial charge in [-0.15, -0.1) is 11.8 Å². The maximum Gasteiger partial charge on any atom is 0.117 e. The number of hydrazine groups is 1. The Labute approximate surface area is 87.8 Å². The van der Waals surface area contributed by atoms with Crippen LogP contribution >= 0.6 is 11.8 Å². The highest BCUT2D eigenvalue weighted by Gasteiger charge is 2.15. The SMILES string of the molecule is CC1CC(NN)=Nc2ccccc2S1. The molecular weight excluding hydrogens is 194 g/mol. The van der Waals surface area contributed by atoms with Crippen LogP contribution in [0.2, 0.25) is 0 Å². The third-order valence-electron chi connectivity index (χ3n) is 2.10. The number of thioether (sulfide) groups is 1. The Morgan fingerprint density at radius 3 is 3.07 bits per heavy atom. The predicted molar refractivity (Wildman–Crippen MR) is 60.8 cm³/mol. The van der Waals surface area contributed by atoms with E-state index in [1.54, 1.807) is 0 Å². The summed E-state index contributed by atoms with van der Waals surface area (Å²) in [6.07, 6.45) is 0.885. The number of amidine groups is 1. The molecule has 0 radical (unpaired) electrons. The Bertz CT molecular complexity index is 362. The van der Waals surface area contributed by atoms with E-state index < -0.39 is 0 Å². The molecule has 0 bridgehead atoms. The van der Waals surface area contributed by atoms with Crippen molar-refractivity contribution in [3.05, 3.63) is 24.3 Å². The number of fused-ring (bicyclic) bond motifs is 1. The molecule has 0 saturated heterocycles. The lowest BCUT2D eigenvalue weighted by Gasteiger charge is -2.07. The van der Waals surface area contributed by atoms with Crippen molar-refractivity contribution < 1.29 is 0 Å². The van der Waals surface area contributed by atoms with Crippen LogP contribution in [-0.2, 0) is 0 Å². The first-order chi connectivity index (χ1) is 6.79. The first-order valence-corrected chi connectivity index (χ1v) is 5.47. The van der Waals surface area contributed by atoms with Gasteiger partial charge in [-0.25, -0.2) is 10.8 Å². The van der Waals surface area contributed by atoms with Crippen LogP contribution in [0.5, 0.6) is 0 Å². The lowest BCUT2D eigenvalue weighted by atomic mass is 10.3. The van der Waals surface area contributed by atoms with Crippen LogP contribution in [0.15, 0.2) is 34.2 Å². The van der Waals surface area contributed by atoms with Crippen LogP contribution in [0.1, 0.15) is 13.3 Å². The second-order valence-electron chi connectivity index (χ2n) is 3.30. The van der Waals surface area contributed by atoms with Crippen LogP contribution in [-0.4, -0.2) is 11.1 Å². The maximum absolute atomic E-state index is 5.40. The Kier molecular flexibility index (Phi) is 2.74. The van der Waals surface area contributed by atoms with Crippen LogP contribution < -0.4 is 11.3 Å². The van der Waals surface area contributed by atoms with Gasteiger partial charge < -0.3 is 5.43 Å². The third kappa shape index (κ3) is 1.91. The minimum atomic E-state index is 0.508. The number of benzene rings is 1. The summed E-state index contributed by atoms with van der Waals surface area (Å²) in [6.45, 7) is 2.18. The molecule has 0 spiro atoms. The maximum atomic E-state index is 5.40. The van der Waals surface area contributed by atoms with Crippen molar-refractivity contribution in [2.45, 2.75) is 23.5 Å². The van der Waals surface area contributed by atoms with E-state index in [0.29, 0.717) is 5.25 Å². The van der Waals surface area contributed by atoms with Crippen molar-refractivity contribution in [1.82, 2.24) is 5.43 Å². The molecule has 0 aliphatic carbocycles. The number of hydrogen-bond donors (Lipinski definition) is 2. The van der Waals surface area contributed by atoms with E-state index in [1.165, 1.54) is 4.90 Å². The van der Waals surface area contributed by atoms with Gasteiger partial charge in [-0.3, -0.25) is 0 Å². The van der Waals surface area contributed by atoms with Gasteiger partial charge >= 0.3 is 0 Å². The summed E-state index contributed by atoms with van der Waals surface area (Å²) in [6, 6.07) is 8.14. The summed E-state index contributed by atoms with van der Waals surface area (Å²) in [4.78, 5) is 5.69. The summed E-state index contributed by atoms with van der Waals surface area (Å²) in [7, 11) is 0. The number of para-hydroxylation sites is 1. The summed E-state index contributed by atoms with van der Waals surface area (Å²) in [5.41, 5.74) is 3.66. The lowest BCUT2D eigenvalue weighted by molar-refractivity contribution is 0.924. The molecule has 3 nitrogen and oxygen atoms in total. The van der Waals surface area contributed by atoms with Gasteiger partial charge in [0.05, 0.1) is 5.69 Å². The van der Waals surface area contributed by atoms with E-state index in [2.05, 4.69) is 23.4 Å². The van der Waals surface area contributed by atoms with Crippen LogP contribution in [0.4, 0.5) is 5.69 Å². The first kappa shape index (κ1) is 9.55. The van der Waals surface area contributed by atoms with E-state index >= 15 is 0 Å². The Hall–Kier alpha value is -1.00. The van der Waals surface area contributed by atoms with E-state index in [4.69, 9.17) is 5.84 Å². The quantitative estimate of drug-likeness (QED) is 0.506. The molecule has 1 aliphatic heterocycles. The Balaban J connectivity index is 2.42. The molecule has 3 N–H and O–H groups in total. The molecule has 1 aliphatic rings. The van der Waals surface area contributed by atoms with Crippen LogP contribution in [0.25, 0.3) is 0 Å². The predicted octanol–water partition coefficient (Wildman–Crippen LogP) is 2.06. The molecule has 74 valence electrons. The fourth-order valence-corrected chi connectivity index (χ4v) is 2.53. The third-order valence-corrected chi connectivity index (χ3v) is 3.26. The molecule has 0 aromatic heterocycles. The second-order valence-corrected chi connectivity index (χ2v) is 4.78. The van der Waals surface area contributed by atoms with Crippen molar-refractivity contribution in [2.24, 2.45) is 10.8 Å². The lowest BCUT2D eigenvalue weighted by Crippen LogP contribution is -2.31. The summed E-state index contributed by atoms with van der Waals surface area (Å²) >= 11 is 1.84. The number of nitrogens with two attached hydrogens (primary N) is 1. The normalized spacial score (nSPS) is 20.7. The highest BCUT2D eigenvalue weighted by Crippen LogP contribution is 2.35. The smallest absolute Gasteiger partial charge is 0.117 e. The second kappa shape index (κ2) is 4.02. The highest BCUT2D eigenvalue weighted by molar-refractivity contribution is 8.00. The van der Waals surface area contributed by atoms with E-state index in [9.17, 15) is 0 Å². The largest absolute Gasteiger partial charge is 0.312 e. The molecule has 1 atom stereocenters. The molecule has 1 unspecified atom stereocenters. The number of nitrogens with zero attached hydrogens (tertiary/aromatic N) is 1. The van der Waals surface area contributed by atoms with E-state index in [-0.39, 0.29) is 0 Å². The van der Waals surface area contributed by atoms with Gasteiger partial charge in [-0.05, 0) is 12.1 Å². The highest BCUT2D eigenvalue weighted by atomic mass is 32.2. The van der Waals surface area contributed by atoms with Gasteiger partial charge in [0.2, 0.25) is 0 Å². The molecule has 1 aromatic rings. The van der Waals surface area contributed by atoms with Crippen molar-refractivity contribution in [3.63, 3.8) is 0 Å². The standard InChI is InChI=1S/C10H13N3S/c1-7-6-10(13-11)12-8-4-2-3-5-9(8)14-7/h2-5,7H,6,11H2,1H3,(H,12,13). The number of nitrogens with one attached hydrogen (secondary N) is 1. The molecule has 2 rings (SSSR count). The molecule has 1 aromatic carbocycles. The van der Waals surface area contributed by atoms with Gasteiger partial charge in [0.25, 0.3) is 0 Å². The van der Waals surface area contributed by atoms with Gasteiger partial charge in [-0.2, -0.15) is 0 Å². The van der Waals surface area contributed by atoms with E-state index in [0.717, 1.165) is 17.9 Å². The van der Waals surface area contributed by atoms with Gasteiger partial charge in [0.1, 0.15) is 5.84 Å². The summed E-state index contributed by atoms with van der Waals surface area (Å²) in [5.74, 6) is 6.26. The number of aliphatic imine (C=N–C) groups is 1. The van der Waals surface area contributed by atoms with Crippen molar-refractivity contribution in [3.8, 4) is 0 Å².